The zero-order valence-corrected chi connectivity index (χ0v) is 24.4. The van der Waals surface area contributed by atoms with Crippen molar-refractivity contribution in [2.45, 2.75) is 44.2 Å². The van der Waals surface area contributed by atoms with Crippen LogP contribution in [0.3, 0.4) is 0 Å². The minimum Gasteiger partial charge on any atom is -0.350 e. The highest BCUT2D eigenvalue weighted by molar-refractivity contribution is 6.08. The Hall–Kier alpha value is -5.11. The second-order valence-corrected chi connectivity index (χ2v) is 11.9. The molecule has 2 aromatic carbocycles. The van der Waals surface area contributed by atoms with Crippen LogP contribution in [0.1, 0.15) is 42.7 Å². The fourth-order valence-corrected chi connectivity index (χ4v) is 6.42. The Morgan fingerprint density at radius 3 is 2.59 bits per heavy atom. The number of H-pyrrole nitrogens is 1. The molecule has 9 nitrogen and oxygen atoms in total. The largest absolute Gasteiger partial charge is 0.350 e. The first-order valence-corrected chi connectivity index (χ1v) is 14.3. The SMILES string of the molecule is CC(C)C[C@@H](C(=O)N1C[C@]2(C[C@H]1C#N)C(=O)Nc1ccc(-c3ccncc3)cc12)N(C)C(=O)c1cc2c(F)cc(F)cc2[nH]1. The first kappa shape index (κ1) is 29.0. The molecule has 2 aromatic heterocycles. The lowest BCUT2D eigenvalue weighted by Crippen LogP contribution is -2.52. The van der Waals surface area contributed by atoms with Crippen LogP contribution in [0.25, 0.3) is 22.0 Å². The van der Waals surface area contributed by atoms with Crippen LogP contribution in [0.15, 0.2) is 60.9 Å². The lowest BCUT2D eigenvalue weighted by atomic mass is 9.79. The lowest BCUT2D eigenvalue weighted by molar-refractivity contribution is -0.136. The molecule has 2 N–H and O–H groups in total. The van der Waals surface area contributed by atoms with E-state index in [1.54, 1.807) is 12.4 Å². The molecule has 1 fully saturated rings. The van der Waals surface area contributed by atoms with Gasteiger partial charge in [-0.15, -0.1) is 0 Å². The topological polar surface area (TPSA) is 122 Å². The maximum Gasteiger partial charge on any atom is 0.270 e. The van der Waals surface area contributed by atoms with Crippen molar-refractivity contribution in [3.63, 3.8) is 0 Å². The van der Waals surface area contributed by atoms with Gasteiger partial charge in [-0.3, -0.25) is 19.4 Å². The summed E-state index contributed by atoms with van der Waals surface area (Å²) in [5.74, 6) is -2.94. The molecule has 1 saturated heterocycles. The van der Waals surface area contributed by atoms with Gasteiger partial charge in [0.1, 0.15) is 29.4 Å². The highest BCUT2D eigenvalue weighted by atomic mass is 19.1. The van der Waals surface area contributed by atoms with E-state index < -0.39 is 40.9 Å². The van der Waals surface area contributed by atoms with Gasteiger partial charge in [0.2, 0.25) is 11.8 Å². The van der Waals surface area contributed by atoms with Crippen LogP contribution < -0.4 is 5.32 Å². The van der Waals surface area contributed by atoms with Gasteiger partial charge in [-0.2, -0.15) is 5.26 Å². The van der Waals surface area contributed by atoms with Crippen LogP contribution in [0.4, 0.5) is 14.5 Å². The number of anilines is 1. The van der Waals surface area contributed by atoms with Gasteiger partial charge in [0.05, 0.1) is 17.0 Å². The third kappa shape index (κ3) is 4.76. The molecule has 0 radical (unpaired) electrons. The number of carbonyl (C=O) groups is 3. The van der Waals surface area contributed by atoms with E-state index in [1.807, 2.05) is 44.2 Å². The number of likely N-dealkylation sites (tertiary alicyclic amines) is 1. The fraction of sp³-hybridized carbons (Fsp3) is 0.303. The van der Waals surface area contributed by atoms with Crippen molar-refractivity contribution in [3.05, 3.63) is 83.8 Å². The fourth-order valence-electron chi connectivity index (χ4n) is 6.42. The van der Waals surface area contributed by atoms with Gasteiger partial charge in [-0.05, 0) is 65.4 Å². The van der Waals surface area contributed by atoms with E-state index in [4.69, 9.17) is 0 Å². The average Bonchev–Trinajstić information content (AvgIpc) is 3.69. The summed E-state index contributed by atoms with van der Waals surface area (Å²) >= 11 is 0. The molecular weight excluding hydrogens is 566 g/mol. The quantitative estimate of drug-likeness (QED) is 0.324. The third-order valence-electron chi connectivity index (χ3n) is 8.67. The summed E-state index contributed by atoms with van der Waals surface area (Å²) in [7, 11) is 1.47. The number of carbonyl (C=O) groups excluding carboxylic acids is 3. The number of nitriles is 1. The number of likely N-dealkylation sites (N-methyl/N-ethyl adjacent to an activating group) is 1. The molecular formula is C33H30F2N6O3. The minimum absolute atomic E-state index is 0.00368. The zero-order valence-electron chi connectivity index (χ0n) is 24.4. The average molecular weight is 597 g/mol. The Labute approximate surface area is 252 Å². The number of nitrogens with zero attached hydrogens (tertiary/aromatic N) is 4. The van der Waals surface area contributed by atoms with Gasteiger partial charge < -0.3 is 20.1 Å². The summed E-state index contributed by atoms with van der Waals surface area (Å²) in [6, 6.07) is 12.8. The maximum atomic E-state index is 14.4. The lowest BCUT2D eigenvalue weighted by Gasteiger charge is -2.33. The van der Waals surface area contributed by atoms with Gasteiger partial charge in [0.15, 0.2) is 0 Å². The zero-order chi connectivity index (χ0) is 31.3. The summed E-state index contributed by atoms with van der Waals surface area (Å²) in [5.41, 5.74) is 2.11. The number of aromatic nitrogens is 2. The van der Waals surface area contributed by atoms with Gasteiger partial charge >= 0.3 is 0 Å². The second kappa shape index (κ2) is 10.9. The number of nitrogens with one attached hydrogen (secondary N) is 2. The number of aromatic amines is 1. The molecule has 44 heavy (non-hydrogen) atoms. The molecule has 2 aliphatic rings. The van der Waals surface area contributed by atoms with E-state index in [0.717, 1.165) is 23.3 Å². The van der Waals surface area contributed by atoms with Gasteiger partial charge in [-0.25, -0.2) is 8.78 Å². The number of pyridine rings is 1. The first-order chi connectivity index (χ1) is 21.0. The van der Waals surface area contributed by atoms with Crippen molar-refractivity contribution in [2.24, 2.45) is 5.92 Å². The number of benzene rings is 2. The standard InChI is InChI=1S/C33H30F2N6O3/c1-18(2)10-29(40(3)30(42)28-14-23-25(35)12-21(34)13-27(23)38-28)31(43)41-17-33(15-22(41)16-36)24-11-20(19-6-8-37-9-7-19)4-5-26(24)39-32(33)44/h4-9,11-14,18,22,29,38H,10,15,17H2,1-3H3,(H,39,44)/t22-,29-,33-/m0/s1. The Kier molecular flexibility index (Phi) is 7.16. The monoisotopic (exact) mass is 596 g/mol. The van der Waals surface area contributed by atoms with Crippen molar-refractivity contribution in [1.82, 2.24) is 19.8 Å². The van der Waals surface area contributed by atoms with Crippen LogP contribution in [-0.2, 0) is 15.0 Å². The molecule has 0 unspecified atom stereocenters. The van der Waals surface area contributed by atoms with E-state index in [-0.39, 0.29) is 47.8 Å². The Morgan fingerprint density at radius 2 is 1.89 bits per heavy atom. The molecule has 4 heterocycles. The molecule has 3 amide bonds. The summed E-state index contributed by atoms with van der Waals surface area (Å²) in [6.07, 6.45) is 3.75. The molecule has 2 aliphatic heterocycles. The van der Waals surface area contributed by atoms with Gasteiger partial charge in [0.25, 0.3) is 5.91 Å². The molecule has 3 atom stereocenters. The van der Waals surface area contributed by atoms with Crippen LogP contribution in [0.5, 0.6) is 0 Å². The number of amides is 3. The molecule has 11 heteroatoms. The summed E-state index contributed by atoms with van der Waals surface area (Å²) in [6.45, 7) is 3.79. The number of hydrogen-bond donors (Lipinski definition) is 2. The third-order valence-corrected chi connectivity index (χ3v) is 8.67. The van der Waals surface area contributed by atoms with Crippen molar-refractivity contribution >= 4 is 34.3 Å². The highest BCUT2D eigenvalue weighted by Crippen LogP contribution is 2.48. The maximum absolute atomic E-state index is 14.4. The molecule has 224 valence electrons. The van der Waals surface area contributed by atoms with Crippen LogP contribution in [0, 0.1) is 28.9 Å². The predicted octanol–water partition coefficient (Wildman–Crippen LogP) is 5.01. The smallest absolute Gasteiger partial charge is 0.270 e. The number of halogens is 2. The van der Waals surface area contributed by atoms with E-state index in [0.29, 0.717) is 11.3 Å². The van der Waals surface area contributed by atoms with E-state index in [9.17, 15) is 28.4 Å². The molecule has 1 spiro atoms. The van der Waals surface area contributed by atoms with Crippen molar-refractivity contribution in [2.75, 3.05) is 18.9 Å². The summed E-state index contributed by atoms with van der Waals surface area (Å²) in [5, 5.41) is 13.2. The number of fused-ring (bicyclic) bond motifs is 3. The van der Waals surface area contributed by atoms with E-state index >= 15 is 0 Å². The van der Waals surface area contributed by atoms with E-state index in [2.05, 4.69) is 21.4 Å². The van der Waals surface area contributed by atoms with E-state index in [1.165, 1.54) is 22.9 Å². The van der Waals surface area contributed by atoms with Crippen LogP contribution >= 0.6 is 0 Å². The highest BCUT2D eigenvalue weighted by Gasteiger charge is 2.57. The molecule has 0 saturated carbocycles. The Bertz CT molecular complexity index is 1850. The van der Waals surface area contributed by atoms with Gasteiger partial charge in [-0.1, -0.05) is 19.9 Å². The Balaban J connectivity index is 1.33. The minimum atomic E-state index is -1.14. The Morgan fingerprint density at radius 1 is 1.14 bits per heavy atom. The molecule has 6 rings (SSSR count). The van der Waals surface area contributed by atoms with Crippen LogP contribution in [0.2, 0.25) is 0 Å². The van der Waals surface area contributed by atoms with Crippen molar-refractivity contribution in [1.29, 1.82) is 5.26 Å². The summed E-state index contributed by atoms with van der Waals surface area (Å²) < 4.78 is 28.1. The van der Waals surface area contributed by atoms with Crippen molar-refractivity contribution < 1.29 is 23.2 Å². The first-order valence-electron chi connectivity index (χ1n) is 14.3. The normalized spacial score (nSPS) is 19.7. The van der Waals surface area contributed by atoms with Crippen LogP contribution in [-0.4, -0.2) is 63.2 Å². The molecule has 4 aromatic rings. The second-order valence-electron chi connectivity index (χ2n) is 11.9. The number of hydrogen-bond acceptors (Lipinski definition) is 5. The molecule has 0 bridgehead atoms. The van der Waals surface area contributed by atoms with Gasteiger partial charge in [0, 0.05) is 49.5 Å². The van der Waals surface area contributed by atoms with Crippen molar-refractivity contribution in [3.8, 4) is 17.2 Å². The molecule has 0 aliphatic carbocycles. The summed E-state index contributed by atoms with van der Waals surface area (Å²) in [4.78, 5) is 50.9. The number of rotatable bonds is 6. The predicted molar refractivity (Wildman–Crippen MR) is 159 cm³/mol.